The third-order valence-electron chi connectivity index (χ3n) is 4.03. The molecule has 0 saturated heterocycles. The maximum Gasteiger partial charge on any atom is 0.179 e. The van der Waals surface area contributed by atoms with Gasteiger partial charge in [0.15, 0.2) is 23.0 Å². The summed E-state index contributed by atoms with van der Waals surface area (Å²) in [4.78, 5) is 0. The maximum absolute atomic E-state index is 6.36. The zero-order chi connectivity index (χ0) is 19.6. The molecule has 0 aliphatic heterocycles. The van der Waals surface area contributed by atoms with E-state index >= 15 is 0 Å². The summed E-state index contributed by atoms with van der Waals surface area (Å²) in [5.41, 5.74) is 2.24. The van der Waals surface area contributed by atoms with Crippen LogP contribution < -0.4 is 24.3 Å². The van der Waals surface area contributed by atoms with E-state index in [1.54, 1.807) is 14.2 Å². The highest BCUT2D eigenvalue weighted by molar-refractivity contribution is 6.32. The quantitative estimate of drug-likeness (QED) is 0.570. The SMILES string of the molecule is CCOc1cc(CNCCc2ccc(OC)c(OC)c2)cc(Cl)c1OCC. The number of hydrogen-bond acceptors (Lipinski definition) is 5. The first kappa shape index (κ1) is 21.2. The van der Waals surface area contributed by atoms with E-state index in [0.717, 1.165) is 30.0 Å². The van der Waals surface area contributed by atoms with Crippen LogP contribution >= 0.6 is 11.6 Å². The Labute approximate surface area is 166 Å². The summed E-state index contributed by atoms with van der Waals surface area (Å²) in [6, 6.07) is 9.86. The number of halogens is 1. The molecule has 0 saturated carbocycles. The lowest BCUT2D eigenvalue weighted by Gasteiger charge is -2.15. The molecule has 1 N–H and O–H groups in total. The van der Waals surface area contributed by atoms with Crippen LogP contribution in [-0.2, 0) is 13.0 Å². The van der Waals surface area contributed by atoms with Gasteiger partial charge in [0.2, 0.25) is 0 Å². The van der Waals surface area contributed by atoms with Gasteiger partial charge in [-0.3, -0.25) is 0 Å². The molecule has 0 fully saturated rings. The Kier molecular flexibility index (Phi) is 8.55. The molecule has 27 heavy (non-hydrogen) atoms. The molecule has 0 bridgehead atoms. The van der Waals surface area contributed by atoms with Gasteiger partial charge in [-0.2, -0.15) is 0 Å². The zero-order valence-electron chi connectivity index (χ0n) is 16.4. The van der Waals surface area contributed by atoms with E-state index in [4.69, 9.17) is 30.5 Å². The molecule has 0 amide bonds. The predicted molar refractivity (Wildman–Crippen MR) is 109 cm³/mol. The molecule has 0 heterocycles. The number of rotatable bonds is 11. The molecule has 148 valence electrons. The minimum absolute atomic E-state index is 0.544. The fourth-order valence-electron chi connectivity index (χ4n) is 2.77. The average Bonchev–Trinajstić information content (AvgIpc) is 2.68. The van der Waals surface area contributed by atoms with Crippen molar-refractivity contribution in [2.24, 2.45) is 0 Å². The summed E-state index contributed by atoms with van der Waals surface area (Å²) in [5.74, 6) is 2.77. The Morgan fingerprint density at radius 3 is 2.22 bits per heavy atom. The van der Waals surface area contributed by atoms with Crippen molar-refractivity contribution in [2.75, 3.05) is 34.0 Å². The molecule has 0 aromatic heterocycles. The molecular formula is C21H28ClNO4. The van der Waals surface area contributed by atoms with Gasteiger partial charge in [0.1, 0.15) is 0 Å². The minimum Gasteiger partial charge on any atom is -0.493 e. The van der Waals surface area contributed by atoms with Crippen molar-refractivity contribution in [3.63, 3.8) is 0 Å². The van der Waals surface area contributed by atoms with Gasteiger partial charge in [0, 0.05) is 6.54 Å². The summed E-state index contributed by atoms with van der Waals surface area (Å²) in [5, 5.41) is 4.01. The Hall–Kier alpha value is -2.11. The summed E-state index contributed by atoms with van der Waals surface area (Å²) in [6.07, 6.45) is 0.878. The molecule has 2 rings (SSSR count). The van der Waals surface area contributed by atoms with Crippen molar-refractivity contribution < 1.29 is 18.9 Å². The fourth-order valence-corrected chi connectivity index (χ4v) is 3.06. The van der Waals surface area contributed by atoms with Crippen LogP contribution in [0.15, 0.2) is 30.3 Å². The van der Waals surface area contributed by atoms with Gasteiger partial charge in [-0.05, 0) is 62.2 Å². The minimum atomic E-state index is 0.544. The molecule has 2 aromatic carbocycles. The molecule has 6 heteroatoms. The second-order valence-electron chi connectivity index (χ2n) is 5.89. The summed E-state index contributed by atoms with van der Waals surface area (Å²) in [6.45, 7) is 6.49. The summed E-state index contributed by atoms with van der Waals surface area (Å²) >= 11 is 6.36. The van der Waals surface area contributed by atoms with Gasteiger partial charge in [0.25, 0.3) is 0 Å². The van der Waals surface area contributed by atoms with Gasteiger partial charge in [-0.1, -0.05) is 17.7 Å². The number of benzene rings is 2. The van der Waals surface area contributed by atoms with Crippen LogP contribution in [0, 0.1) is 0 Å². The lowest BCUT2D eigenvalue weighted by molar-refractivity contribution is 0.287. The van der Waals surface area contributed by atoms with Gasteiger partial charge < -0.3 is 24.3 Å². The topological polar surface area (TPSA) is 49.0 Å². The molecule has 0 radical (unpaired) electrons. The molecule has 0 aliphatic carbocycles. The largest absolute Gasteiger partial charge is 0.493 e. The maximum atomic E-state index is 6.36. The number of methoxy groups -OCH3 is 2. The van der Waals surface area contributed by atoms with Crippen LogP contribution in [0.25, 0.3) is 0 Å². The number of ether oxygens (including phenoxy) is 4. The third kappa shape index (κ3) is 5.94. The highest BCUT2D eigenvalue weighted by Gasteiger charge is 2.12. The molecule has 0 aliphatic rings. The Balaban J connectivity index is 1.95. The summed E-state index contributed by atoms with van der Waals surface area (Å²) in [7, 11) is 3.28. The van der Waals surface area contributed by atoms with Crippen LogP contribution in [0.3, 0.4) is 0 Å². The molecule has 0 unspecified atom stereocenters. The van der Waals surface area contributed by atoms with Crippen LogP contribution in [-0.4, -0.2) is 34.0 Å². The van der Waals surface area contributed by atoms with Crippen molar-refractivity contribution in [3.8, 4) is 23.0 Å². The zero-order valence-corrected chi connectivity index (χ0v) is 17.2. The van der Waals surface area contributed by atoms with E-state index in [2.05, 4.69) is 5.32 Å². The number of nitrogens with one attached hydrogen (secondary N) is 1. The highest BCUT2D eigenvalue weighted by atomic mass is 35.5. The Morgan fingerprint density at radius 2 is 1.56 bits per heavy atom. The molecule has 2 aromatic rings. The lowest BCUT2D eigenvalue weighted by Crippen LogP contribution is -2.17. The van der Waals surface area contributed by atoms with Gasteiger partial charge in [-0.15, -0.1) is 0 Å². The molecule has 5 nitrogen and oxygen atoms in total. The highest BCUT2D eigenvalue weighted by Crippen LogP contribution is 2.36. The first-order valence-electron chi connectivity index (χ1n) is 9.12. The monoisotopic (exact) mass is 393 g/mol. The molecule has 0 spiro atoms. The lowest BCUT2D eigenvalue weighted by atomic mass is 10.1. The van der Waals surface area contributed by atoms with E-state index in [9.17, 15) is 0 Å². The van der Waals surface area contributed by atoms with Crippen LogP contribution in [0.4, 0.5) is 0 Å². The van der Waals surface area contributed by atoms with Crippen LogP contribution in [0.1, 0.15) is 25.0 Å². The summed E-state index contributed by atoms with van der Waals surface area (Å²) < 4.78 is 21.9. The predicted octanol–water partition coefficient (Wildman–Crippen LogP) is 4.49. The van der Waals surface area contributed by atoms with E-state index in [-0.39, 0.29) is 0 Å². The van der Waals surface area contributed by atoms with Gasteiger partial charge in [-0.25, -0.2) is 0 Å². The van der Waals surface area contributed by atoms with Crippen LogP contribution in [0.5, 0.6) is 23.0 Å². The second kappa shape index (κ2) is 10.9. The van der Waals surface area contributed by atoms with E-state index < -0.39 is 0 Å². The van der Waals surface area contributed by atoms with Gasteiger partial charge >= 0.3 is 0 Å². The van der Waals surface area contributed by atoms with Crippen molar-refractivity contribution in [3.05, 3.63) is 46.5 Å². The first-order chi connectivity index (χ1) is 13.1. The Morgan fingerprint density at radius 1 is 0.852 bits per heavy atom. The third-order valence-corrected chi connectivity index (χ3v) is 4.31. The Bertz CT molecular complexity index is 736. The van der Waals surface area contributed by atoms with E-state index in [1.807, 2.05) is 44.2 Å². The van der Waals surface area contributed by atoms with Crippen molar-refractivity contribution >= 4 is 11.6 Å². The smallest absolute Gasteiger partial charge is 0.179 e. The normalized spacial score (nSPS) is 10.6. The van der Waals surface area contributed by atoms with E-state index in [0.29, 0.717) is 36.3 Å². The number of hydrogen-bond donors (Lipinski definition) is 1. The molecular weight excluding hydrogens is 366 g/mol. The van der Waals surface area contributed by atoms with Crippen molar-refractivity contribution in [2.45, 2.75) is 26.8 Å². The fraction of sp³-hybridized carbons (Fsp3) is 0.429. The second-order valence-corrected chi connectivity index (χ2v) is 6.29. The van der Waals surface area contributed by atoms with E-state index in [1.165, 1.54) is 5.56 Å². The van der Waals surface area contributed by atoms with Gasteiger partial charge in [0.05, 0.1) is 32.5 Å². The van der Waals surface area contributed by atoms with Crippen molar-refractivity contribution in [1.82, 2.24) is 5.32 Å². The average molecular weight is 394 g/mol. The van der Waals surface area contributed by atoms with Crippen molar-refractivity contribution in [1.29, 1.82) is 0 Å². The first-order valence-corrected chi connectivity index (χ1v) is 9.50. The molecule has 0 atom stereocenters. The standard InChI is InChI=1S/C21H28ClNO4/c1-5-26-20-13-16(11-17(22)21(20)27-6-2)14-23-10-9-15-7-8-18(24-3)19(12-15)25-4/h7-8,11-13,23H,5-6,9-10,14H2,1-4H3. The van der Waals surface area contributed by atoms with Crippen LogP contribution in [0.2, 0.25) is 5.02 Å².